The number of aromatic nitrogens is 1. The van der Waals surface area contributed by atoms with Crippen LogP contribution in [-0.2, 0) is 16.2 Å². The summed E-state index contributed by atoms with van der Waals surface area (Å²) in [5.74, 6) is -0.251. The Balaban J connectivity index is 1.58. The zero-order chi connectivity index (χ0) is 30.0. The van der Waals surface area contributed by atoms with Crippen molar-refractivity contribution in [3.05, 3.63) is 106 Å². The van der Waals surface area contributed by atoms with E-state index in [4.69, 9.17) is 15.2 Å². The minimum Gasteiger partial charge on any atom is -0.496 e. The Hall–Kier alpha value is -4.92. The van der Waals surface area contributed by atoms with E-state index in [1.807, 2.05) is 19.1 Å². The van der Waals surface area contributed by atoms with Gasteiger partial charge in [0.1, 0.15) is 23.9 Å². The van der Waals surface area contributed by atoms with Gasteiger partial charge in [0, 0.05) is 46.6 Å². The molecule has 0 saturated heterocycles. The number of ketones is 1. The Bertz CT molecular complexity index is 1620. The molecule has 4 N–H and O–H groups in total. The van der Waals surface area contributed by atoms with E-state index in [0.29, 0.717) is 52.6 Å². The Morgan fingerprint density at radius 3 is 2.55 bits per heavy atom. The lowest BCUT2D eigenvalue weighted by molar-refractivity contribution is -0.118. The second-order valence-corrected chi connectivity index (χ2v) is 11.3. The summed E-state index contributed by atoms with van der Waals surface area (Å²) < 4.78 is 11.6. The van der Waals surface area contributed by atoms with Gasteiger partial charge in [0.2, 0.25) is 0 Å². The number of pyridine rings is 1. The number of hydrogen-bond donors (Lipinski definition) is 3. The number of Topliss-reactive ketones (excluding diaryl/α,β-unsaturated/α-hetero) is 1. The van der Waals surface area contributed by atoms with E-state index < -0.39 is 11.8 Å². The summed E-state index contributed by atoms with van der Waals surface area (Å²) in [6.07, 6.45) is 2.65. The van der Waals surface area contributed by atoms with Crippen molar-refractivity contribution in [3.8, 4) is 11.5 Å². The predicted octanol–water partition coefficient (Wildman–Crippen LogP) is 5.01. The number of hydrogen-bond acceptors (Lipinski definition) is 7. The van der Waals surface area contributed by atoms with E-state index in [1.54, 1.807) is 61.8 Å². The minimum absolute atomic E-state index is 0.00149. The van der Waals surface area contributed by atoms with Crippen LogP contribution in [-0.4, -0.2) is 29.7 Å². The molecule has 0 fully saturated rings. The number of amides is 2. The summed E-state index contributed by atoms with van der Waals surface area (Å²) >= 11 is 0. The third-order valence-electron chi connectivity index (χ3n) is 7.56. The molecule has 1 atom stereocenters. The third-order valence-corrected chi connectivity index (χ3v) is 7.56. The molecule has 216 valence electrons. The lowest BCUT2D eigenvalue weighted by Crippen LogP contribution is -2.39. The van der Waals surface area contributed by atoms with Crippen molar-refractivity contribution in [1.82, 2.24) is 10.3 Å². The van der Waals surface area contributed by atoms with Gasteiger partial charge in [-0.05, 0) is 60.7 Å². The fraction of sp³-hybridized carbons (Fsp3) is 0.273. The van der Waals surface area contributed by atoms with Gasteiger partial charge in [0.15, 0.2) is 5.78 Å². The highest BCUT2D eigenvalue weighted by Crippen LogP contribution is 2.47. The number of dihydropyridines is 1. The lowest BCUT2D eigenvalue weighted by Gasteiger charge is -2.39. The smallest absolute Gasteiger partial charge is 0.255 e. The highest BCUT2D eigenvalue weighted by atomic mass is 16.5. The molecule has 9 heteroatoms. The Morgan fingerprint density at radius 2 is 1.83 bits per heavy atom. The summed E-state index contributed by atoms with van der Waals surface area (Å²) in [6, 6.07) is 17.6. The predicted molar refractivity (Wildman–Crippen MR) is 159 cm³/mol. The molecule has 1 aliphatic heterocycles. The number of benzene rings is 2. The number of nitrogens with two attached hydrogens (primary N) is 1. The standard InChI is InChI=1S/C33H34N4O5/c1-19-28(32(40)37-27-11-7-8-14-35-27)29(30-23(36-19)16-33(2,3)17-24(30)38)20-12-13-25(41-4)21(15-20)18-42-26-10-6-5-9-22(26)31(34)39/h5-15,29,36H,16-18H2,1-4H3,(H2,34,39)(H,35,37,40)/t29-/m1/s1. The van der Waals surface area contributed by atoms with Crippen LogP contribution < -0.4 is 25.8 Å². The molecule has 0 radical (unpaired) electrons. The molecule has 2 amide bonds. The summed E-state index contributed by atoms with van der Waals surface area (Å²) in [7, 11) is 1.56. The average Bonchev–Trinajstić information content (AvgIpc) is 2.95. The number of nitrogens with zero attached hydrogens (tertiary/aromatic N) is 1. The van der Waals surface area contributed by atoms with Gasteiger partial charge in [0.05, 0.1) is 12.7 Å². The molecule has 42 heavy (non-hydrogen) atoms. The maximum Gasteiger partial charge on any atom is 0.255 e. The Morgan fingerprint density at radius 1 is 1.07 bits per heavy atom. The maximum atomic E-state index is 13.8. The van der Waals surface area contributed by atoms with Gasteiger partial charge in [-0.2, -0.15) is 0 Å². The number of carbonyl (C=O) groups excluding carboxylic acids is 3. The van der Waals surface area contributed by atoms with E-state index in [1.165, 1.54) is 0 Å². The van der Waals surface area contributed by atoms with Crippen LogP contribution in [0.25, 0.3) is 0 Å². The van der Waals surface area contributed by atoms with Crippen molar-refractivity contribution in [2.75, 3.05) is 12.4 Å². The van der Waals surface area contributed by atoms with Crippen LogP contribution in [0.3, 0.4) is 0 Å². The van der Waals surface area contributed by atoms with E-state index in [2.05, 4.69) is 29.5 Å². The molecule has 1 aromatic heterocycles. The second kappa shape index (κ2) is 11.5. The van der Waals surface area contributed by atoms with Crippen LogP contribution in [0.4, 0.5) is 5.82 Å². The highest BCUT2D eigenvalue weighted by Gasteiger charge is 2.43. The van der Waals surface area contributed by atoms with Crippen molar-refractivity contribution in [3.63, 3.8) is 0 Å². The first kappa shape index (κ1) is 28.6. The number of carbonyl (C=O) groups is 3. The van der Waals surface area contributed by atoms with Crippen LogP contribution in [0.15, 0.2) is 89.4 Å². The molecule has 2 aromatic carbocycles. The minimum atomic E-state index is -0.629. The summed E-state index contributed by atoms with van der Waals surface area (Å²) in [5.41, 5.74) is 9.53. The van der Waals surface area contributed by atoms with Crippen LogP contribution in [0.2, 0.25) is 0 Å². The van der Waals surface area contributed by atoms with Gasteiger partial charge in [-0.1, -0.05) is 38.1 Å². The third kappa shape index (κ3) is 5.76. The molecular formula is C33H34N4O5. The van der Waals surface area contributed by atoms with Crippen LogP contribution in [0.1, 0.15) is 61.0 Å². The number of allylic oxidation sites excluding steroid dienone is 3. The highest BCUT2D eigenvalue weighted by molar-refractivity contribution is 6.09. The van der Waals surface area contributed by atoms with Gasteiger partial charge in [-0.3, -0.25) is 14.4 Å². The largest absolute Gasteiger partial charge is 0.496 e. The van der Waals surface area contributed by atoms with Crippen LogP contribution >= 0.6 is 0 Å². The van der Waals surface area contributed by atoms with Crippen molar-refractivity contribution in [1.29, 1.82) is 0 Å². The van der Waals surface area contributed by atoms with E-state index >= 15 is 0 Å². The van der Waals surface area contributed by atoms with Gasteiger partial charge in [0.25, 0.3) is 11.8 Å². The van der Waals surface area contributed by atoms with E-state index in [0.717, 1.165) is 11.3 Å². The zero-order valence-corrected chi connectivity index (χ0v) is 24.1. The number of rotatable bonds is 8. The molecule has 0 spiro atoms. The van der Waals surface area contributed by atoms with Crippen LogP contribution in [0, 0.1) is 5.41 Å². The van der Waals surface area contributed by atoms with Crippen molar-refractivity contribution >= 4 is 23.4 Å². The first-order valence-electron chi connectivity index (χ1n) is 13.7. The SMILES string of the molecule is COc1ccc([C@@H]2C(C(=O)Nc3ccccn3)=C(C)NC3=C2C(=O)CC(C)(C)C3)cc1COc1ccccc1C(N)=O. The van der Waals surface area contributed by atoms with E-state index in [9.17, 15) is 14.4 Å². The summed E-state index contributed by atoms with van der Waals surface area (Å²) in [4.78, 5) is 43.7. The first-order chi connectivity index (χ1) is 20.1. The lowest BCUT2D eigenvalue weighted by atomic mass is 9.68. The summed E-state index contributed by atoms with van der Waals surface area (Å²) in [5, 5.41) is 6.28. The van der Waals surface area contributed by atoms with Crippen molar-refractivity contribution < 1.29 is 23.9 Å². The number of methoxy groups -OCH3 is 1. The number of nitrogens with one attached hydrogen (secondary N) is 2. The van der Waals surface area contributed by atoms with Gasteiger partial charge in [-0.15, -0.1) is 0 Å². The number of anilines is 1. The molecule has 0 unspecified atom stereocenters. The molecule has 2 aliphatic rings. The zero-order valence-electron chi connectivity index (χ0n) is 24.1. The number of primary amides is 1. The fourth-order valence-electron chi connectivity index (χ4n) is 5.73. The maximum absolute atomic E-state index is 13.8. The normalized spacial score (nSPS) is 17.7. The topological polar surface area (TPSA) is 133 Å². The summed E-state index contributed by atoms with van der Waals surface area (Å²) in [6.45, 7) is 6.06. The molecule has 1 aliphatic carbocycles. The number of para-hydroxylation sites is 1. The molecule has 0 saturated carbocycles. The fourth-order valence-corrected chi connectivity index (χ4v) is 5.73. The Kier molecular flexibility index (Phi) is 7.85. The second-order valence-electron chi connectivity index (χ2n) is 11.3. The molecule has 0 bridgehead atoms. The molecule has 3 aromatic rings. The van der Waals surface area contributed by atoms with E-state index in [-0.39, 0.29) is 29.3 Å². The molecule has 9 nitrogen and oxygen atoms in total. The van der Waals surface area contributed by atoms with Crippen molar-refractivity contribution in [2.24, 2.45) is 11.1 Å². The molecular weight excluding hydrogens is 532 g/mol. The monoisotopic (exact) mass is 566 g/mol. The van der Waals surface area contributed by atoms with Gasteiger partial charge in [-0.25, -0.2) is 4.98 Å². The van der Waals surface area contributed by atoms with Crippen LogP contribution in [0.5, 0.6) is 11.5 Å². The molecule has 5 rings (SSSR count). The van der Waals surface area contributed by atoms with Gasteiger partial charge < -0.3 is 25.8 Å². The quantitative estimate of drug-likeness (QED) is 0.349. The average molecular weight is 567 g/mol. The molecule has 2 heterocycles. The van der Waals surface area contributed by atoms with Gasteiger partial charge >= 0.3 is 0 Å². The first-order valence-corrected chi connectivity index (χ1v) is 13.7. The Labute approximate surface area is 244 Å². The van der Waals surface area contributed by atoms with Crippen molar-refractivity contribution in [2.45, 2.75) is 46.1 Å². The number of ether oxygens (including phenoxy) is 2.